The normalized spacial score (nSPS) is 11.3. The lowest BCUT2D eigenvalue weighted by Crippen LogP contribution is -2.41. The monoisotopic (exact) mass is 472 g/mol. The van der Waals surface area contributed by atoms with Gasteiger partial charge in [0.25, 0.3) is 5.56 Å². The minimum atomic E-state index is -4.99. The molecule has 12 heteroatoms. The zero-order valence-electron chi connectivity index (χ0n) is 16.4. The van der Waals surface area contributed by atoms with Gasteiger partial charge in [-0.1, -0.05) is 11.6 Å². The third kappa shape index (κ3) is 4.37. The van der Waals surface area contributed by atoms with E-state index >= 15 is 0 Å². The van der Waals surface area contributed by atoms with Crippen LogP contribution in [-0.4, -0.2) is 22.2 Å². The Hall–Kier alpha value is -3.60. The number of alkyl halides is 3. The van der Waals surface area contributed by atoms with Crippen LogP contribution in [0.2, 0.25) is 5.02 Å². The summed E-state index contributed by atoms with van der Waals surface area (Å²) in [5.74, 6) is -1.70. The molecule has 0 atom stereocenters. The van der Waals surface area contributed by atoms with E-state index in [0.29, 0.717) is 11.8 Å². The second kappa shape index (κ2) is 8.50. The van der Waals surface area contributed by atoms with Gasteiger partial charge in [0.05, 0.1) is 23.4 Å². The smallest absolute Gasteiger partial charge is 0.431 e. The summed E-state index contributed by atoms with van der Waals surface area (Å²) in [5.41, 5.74) is -5.63. The van der Waals surface area contributed by atoms with E-state index in [2.05, 4.69) is 0 Å². The number of benzene rings is 2. The SMILES string of the molecule is COc1ccc(OC(=O)c2cc(-n3c(=O)cc(C(F)(F)F)n(C)c3=O)c(F)cc2Cl)cc1. The maximum absolute atomic E-state index is 14.5. The highest BCUT2D eigenvalue weighted by molar-refractivity contribution is 6.33. The van der Waals surface area contributed by atoms with E-state index in [1.807, 2.05) is 0 Å². The van der Waals surface area contributed by atoms with E-state index in [4.69, 9.17) is 21.1 Å². The molecule has 0 amide bonds. The molecule has 0 saturated carbocycles. The molecule has 0 N–H and O–H groups in total. The Kier molecular flexibility index (Phi) is 6.13. The van der Waals surface area contributed by atoms with Crippen LogP contribution >= 0.6 is 11.6 Å². The number of rotatable bonds is 4. The molecule has 0 radical (unpaired) electrons. The van der Waals surface area contributed by atoms with Crippen molar-refractivity contribution in [1.82, 2.24) is 9.13 Å². The maximum atomic E-state index is 14.5. The van der Waals surface area contributed by atoms with Crippen LogP contribution in [0.3, 0.4) is 0 Å². The topological polar surface area (TPSA) is 79.5 Å². The van der Waals surface area contributed by atoms with E-state index < -0.39 is 51.2 Å². The predicted octanol–water partition coefficient (Wildman–Crippen LogP) is 3.58. The minimum absolute atomic E-state index is 0.0837. The highest BCUT2D eigenvalue weighted by Gasteiger charge is 2.35. The molecule has 0 bridgehead atoms. The molecule has 3 rings (SSSR count). The lowest BCUT2D eigenvalue weighted by atomic mass is 10.2. The molecule has 32 heavy (non-hydrogen) atoms. The van der Waals surface area contributed by atoms with Crippen molar-refractivity contribution < 1.29 is 31.8 Å². The van der Waals surface area contributed by atoms with Crippen molar-refractivity contribution in [3.05, 3.63) is 85.4 Å². The first-order valence-corrected chi connectivity index (χ1v) is 9.07. The summed E-state index contributed by atoms with van der Waals surface area (Å²) < 4.78 is 64.0. The summed E-state index contributed by atoms with van der Waals surface area (Å²) in [7, 11) is 2.21. The minimum Gasteiger partial charge on any atom is -0.497 e. The van der Waals surface area contributed by atoms with Crippen LogP contribution < -0.4 is 20.7 Å². The van der Waals surface area contributed by atoms with E-state index in [1.54, 1.807) is 0 Å². The van der Waals surface area contributed by atoms with Crippen molar-refractivity contribution in [3.8, 4) is 17.2 Å². The van der Waals surface area contributed by atoms with Crippen LogP contribution in [-0.2, 0) is 13.2 Å². The first-order chi connectivity index (χ1) is 14.9. The Bertz CT molecular complexity index is 1310. The maximum Gasteiger partial charge on any atom is 0.431 e. The summed E-state index contributed by atoms with van der Waals surface area (Å²) in [5, 5.41) is -0.401. The van der Waals surface area contributed by atoms with Gasteiger partial charge >= 0.3 is 17.8 Å². The van der Waals surface area contributed by atoms with Crippen LogP contribution in [0.5, 0.6) is 11.5 Å². The van der Waals surface area contributed by atoms with Crippen molar-refractivity contribution >= 4 is 17.6 Å². The molecular weight excluding hydrogens is 460 g/mol. The molecule has 0 fully saturated rings. The van der Waals surface area contributed by atoms with Gasteiger partial charge in [0.1, 0.15) is 23.0 Å². The number of halogens is 5. The Morgan fingerprint density at radius 3 is 2.19 bits per heavy atom. The summed E-state index contributed by atoms with van der Waals surface area (Å²) in [6.45, 7) is 0. The second-order valence-corrected chi connectivity index (χ2v) is 6.80. The number of esters is 1. The standard InChI is InChI=1S/C20H13ClF4N2O5/c1-26-16(20(23,24)25)9-17(28)27(19(26)30)15-7-12(13(21)8-14(15)22)18(29)32-11-5-3-10(31-2)4-6-11/h3-9H,1-2H3. The van der Waals surface area contributed by atoms with Crippen molar-refractivity contribution in [2.75, 3.05) is 7.11 Å². The summed E-state index contributed by atoms with van der Waals surface area (Å²) >= 11 is 5.91. The van der Waals surface area contributed by atoms with Crippen molar-refractivity contribution in [2.45, 2.75) is 6.18 Å². The Morgan fingerprint density at radius 1 is 1.03 bits per heavy atom. The molecule has 0 aliphatic carbocycles. The molecule has 1 heterocycles. The van der Waals surface area contributed by atoms with Gasteiger partial charge in [-0.15, -0.1) is 0 Å². The average molecular weight is 473 g/mol. The fourth-order valence-electron chi connectivity index (χ4n) is 2.79. The van der Waals surface area contributed by atoms with Crippen LogP contribution in [0.15, 0.2) is 52.1 Å². The fraction of sp³-hybridized carbons (Fsp3) is 0.150. The molecular formula is C20H13ClF4N2O5. The van der Waals surface area contributed by atoms with Crippen LogP contribution in [0.4, 0.5) is 17.6 Å². The van der Waals surface area contributed by atoms with Gasteiger partial charge in [-0.2, -0.15) is 13.2 Å². The van der Waals surface area contributed by atoms with E-state index in [9.17, 15) is 31.9 Å². The van der Waals surface area contributed by atoms with Crippen molar-refractivity contribution in [3.63, 3.8) is 0 Å². The van der Waals surface area contributed by atoms with E-state index in [-0.39, 0.29) is 21.0 Å². The highest BCUT2D eigenvalue weighted by Crippen LogP contribution is 2.28. The molecule has 2 aromatic carbocycles. The van der Waals surface area contributed by atoms with Gasteiger partial charge in [-0.3, -0.25) is 9.36 Å². The average Bonchev–Trinajstić information content (AvgIpc) is 2.71. The molecule has 0 aliphatic heterocycles. The van der Waals surface area contributed by atoms with E-state index in [0.717, 1.165) is 13.1 Å². The molecule has 3 aromatic rings. The Labute approximate surface area is 182 Å². The number of nitrogens with zero attached hydrogens (tertiary/aromatic N) is 2. The number of carbonyl (C=O) groups is 1. The quantitative estimate of drug-likeness (QED) is 0.329. The molecule has 0 aliphatic rings. The van der Waals surface area contributed by atoms with Gasteiger partial charge in [0.15, 0.2) is 0 Å². The van der Waals surface area contributed by atoms with Crippen molar-refractivity contribution in [2.24, 2.45) is 7.05 Å². The van der Waals surface area contributed by atoms with Crippen LogP contribution in [0.1, 0.15) is 16.1 Å². The molecule has 0 saturated heterocycles. The summed E-state index contributed by atoms with van der Waals surface area (Å²) in [6.07, 6.45) is -4.99. The number of methoxy groups -OCH3 is 1. The zero-order chi connectivity index (χ0) is 23.8. The Morgan fingerprint density at radius 2 is 1.62 bits per heavy atom. The summed E-state index contributed by atoms with van der Waals surface area (Å²) in [6, 6.07) is 7.36. The van der Waals surface area contributed by atoms with E-state index in [1.165, 1.54) is 31.4 Å². The summed E-state index contributed by atoms with van der Waals surface area (Å²) in [4.78, 5) is 37.2. The van der Waals surface area contributed by atoms with Crippen molar-refractivity contribution in [1.29, 1.82) is 0 Å². The zero-order valence-corrected chi connectivity index (χ0v) is 17.1. The molecule has 1 aromatic heterocycles. The van der Waals surface area contributed by atoms with Gasteiger partial charge < -0.3 is 9.47 Å². The van der Waals surface area contributed by atoms with Gasteiger partial charge in [0.2, 0.25) is 0 Å². The van der Waals surface area contributed by atoms with Gasteiger partial charge in [0, 0.05) is 13.1 Å². The number of hydrogen-bond donors (Lipinski definition) is 0. The largest absolute Gasteiger partial charge is 0.497 e. The van der Waals surface area contributed by atoms with Crippen LogP contribution in [0.25, 0.3) is 5.69 Å². The lowest BCUT2D eigenvalue weighted by molar-refractivity contribution is -0.144. The lowest BCUT2D eigenvalue weighted by Gasteiger charge is -2.15. The molecule has 168 valence electrons. The van der Waals surface area contributed by atoms with Gasteiger partial charge in [-0.25, -0.2) is 18.5 Å². The number of ether oxygens (including phenoxy) is 2. The number of hydrogen-bond acceptors (Lipinski definition) is 5. The second-order valence-electron chi connectivity index (χ2n) is 6.39. The van der Waals surface area contributed by atoms with Gasteiger partial charge in [-0.05, 0) is 36.4 Å². The number of aromatic nitrogens is 2. The third-order valence-corrected chi connectivity index (χ3v) is 4.69. The highest BCUT2D eigenvalue weighted by atomic mass is 35.5. The molecule has 0 spiro atoms. The first kappa shape index (κ1) is 23.1. The number of carbonyl (C=O) groups excluding carboxylic acids is 1. The Balaban J connectivity index is 2.09. The molecule has 7 nitrogen and oxygen atoms in total. The first-order valence-electron chi connectivity index (χ1n) is 8.70. The predicted molar refractivity (Wildman–Crippen MR) is 105 cm³/mol. The third-order valence-electron chi connectivity index (χ3n) is 4.38. The molecule has 0 unspecified atom stereocenters. The fourth-order valence-corrected chi connectivity index (χ4v) is 3.02. The van der Waals surface area contributed by atoms with Crippen LogP contribution in [0, 0.1) is 5.82 Å².